The molecule has 0 bridgehead atoms. The zero-order valence-corrected chi connectivity index (χ0v) is 33.7. The van der Waals surface area contributed by atoms with Crippen molar-refractivity contribution in [1.82, 2.24) is 26.3 Å². The Balaban J connectivity index is 1.65. The monoisotopic (exact) mass is 825 g/mol. The third-order valence-electron chi connectivity index (χ3n) is 8.64. The van der Waals surface area contributed by atoms with Crippen LogP contribution in [0.5, 0.6) is 0 Å². The Kier molecular flexibility index (Phi) is 18.7. The quantitative estimate of drug-likeness (QED) is 0.0510. The molecule has 19 heteroatoms. The van der Waals surface area contributed by atoms with Crippen LogP contribution in [0, 0.1) is 0 Å². The molecule has 0 aromatic heterocycles. The fourth-order valence-corrected chi connectivity index (χ4v) is 5.62. The molecule has 1 fully saturated rings. The lowest BCUT2D eigenvalue weighted by Gasteiger charge is -2.28. The van der Waals surface area contributed by atoms with Crippen LogP contribution in [0.4, 0.5) is 15.3 Å². The van der Waals surface area contributed by atoms with Gasteiger partial charge in [0.1, 0.15) is 24.5 Å². The Hall–Kier alpha value is -6.08. The first kappa shape index (κ1) is 47.3. The number of hydrogen-bond donors (Lipinski definition) is 7. The van der Waals surface area contributed by atoms with Gasteiger partial charge in [-0.1, -0.05) is 42.5 Å². The van der Waals surface area contributed by atoms with E-state index in [9.17, 15) is 43.5 Å². The van der Waals surface area contributed by atoms with Gasteiger partial charge in [0.2, 0.25) is 17.7 Å². The highest BCUT2D eigenvalue weighted by Gasteiger charge is 2.33. The molecule has 19 nitrogen and oxygen atoms in total. The Morgan fingerprint density at radius 3 is 2.12 bits per heavy atom. The molecule has 2 aromatic rings. The van der Waals surface area contributed by atoms with E-state index in [0.717, 1.165) is 5.56 Å². The Labute approximate surface area is 342 Å². The van der Waals surface area contributed by atoms with Crippen LogP contribution in [0.1, 0.15) is 90.2 Å². The smallest absolute Gasteiger partial charge is 0.407 e. The zero-order chi connectivity index (χ0) is 43.5. The number of carbonyl (C=O) groups is 8. The van der Waals surface area contributed by atoms with Crippen LogP contribution in [0.2, 0.25) is 0 Å². The summed E-state index contributed by atoms with van der Waals surface area (Å²) in [6.45, 7) is 6.94. The van der Waals surface area contributed by atoms with Crippen molar-refractivity contribution in [2.45, 2.75) is 122 Å². The molecule has 4 atom stereocenters. The highest BCUT2D eigenvalue weighted by Crippen LogP contribution is 2.15. The molecule has 1 aliphatic rings. The van der Waals surface area contributed by atoms with Gasteiger partial charge >= 0.3 is 18.2 Å². The molecule has 0 spiro atoms. The van der Waals surface area contributed by atoms with Crippen LogP contribution in [-0.4, -0.2) is 94.4 Å². The number of nitrogens with one attached hydrogen (secondary N) is 5. The molecule has 2 aromatic carbocycles. The van der Waals surface area contributed by atoms with E-state index in [-0.39, 0.29) is 58.1 Å². The maximum absolute atomic E-state index is 14.0. The largest absolute Gasteiger partial charge is 0.445 e. The number of nitrogens with two attached hydrogens (primary N) is 1. The predicted molar refractivity (Wildman–Crippen MR) is 211 cm³/mol. The summed E-state index contributed by atoms with van der Waals surface area (Å²) in [5.41, 5.74) is 6.12. The molecular weight excluding hydrogens is 770 g/mol. The van der Waals surface area contributed by atoms with Crippen LogP contribution in [-0.2, 0) is 56.1 Å². The predicted octanol–water partition coefficient (Wildman–Crippen LogP) is 2.20. The van der Waals surface area contributed by atoms with E-state index in [1.54, 1.807) is 75.4 Å². The average molecular weight is 826 g/mol. The molecular formula is C40H55N7O12. The van der Waals surface area contributed by atoms with Gasteiger partial charge in [-0.25, -0.2) is 14.4 Å². The first-order chi connectivity index (χ1) is 27.9. The van der Waals surface area contributed by atoms with E-state index in [1.165, 1.54) is 6.92 Å². The van der Waals surface area contributed by atoms with Gasteiger partial charge in [0, 0.05) is 37.9 Å². The molecule has 1 saturated heterocycles. The molecule has 8 N–H and O–H groups in total. The Bertz CT molecular complexity index is 1750. The molecule has 59 heavy (non-hydrogen) atoms. The number of unbranched alkanes of at least 4 members (excludes halogenated alkanes) is 1. The number of rotatable bonds is 22. The number of hydroxylamine groups is 2. The van der Waals surface area contributed by atoms with Crippen LogP contribution in [0.3, 0.4) is 0 Å². The van der Waals surface area contributed by atoms with Crippen molar-refractivity contribution in [1.29, 1.82) is 0 Å². The number of benzene rings is 2. The highest BCUT2D eigenvalue weighted by molar-refractivity contribution is 6.01. The number of ether oxygens (including phenoxy) is 2. The van der Waals surface area contributed by atoms with Gasteiger partial charge in [0.05, 0.1) is 12.1 Å². The van der Waals surface area contributed by atoms with Gasteiger partial charge in [-0.05, 0) is 83.1 Å². The van der Waals surface area contributed by atoms with E-state index >= 15 is 0 Å². The van der Waals surface area contributed by atoms with Crippen molar-refractivity contribution < 1.29 is 57.8 Å². The third-order valence-corrected chi connectivity index (χ3v) is 8.64. The lowest BCUT2D eigenvalue weighted by molar-refractivity contribution is -0.197. The minimum atomic E-state index is -1.45. The zero-order valence-electron chi connectivity index (χ0n) is 33.7. The van der Waals surface area contributed by atoms with Crippen LogP contribution < -0.4 is 32.3 Å². The lowest BCUT2D eigenvalue weighted by Crippen LogP contribution is -2.58. The van der Waals surface area contributed by atoms with Gasteiger partial charge < -0.3 is 46.4 Å². The summed E-state index contributed by atoms with van der Waals surface area (Å²) < 4.78 is 10.1. The molecule has 1 unspecified atom stereocenters. The Morgan fingerprint density at radius 1 is 0.831 bits per heavy atom. The van der Waals surface area contributed by atoms with E-state index in [0.29, 0.717) is 29.2 Å². The van der Waals surface area contributed by atoms with Gasteiger partial charge in [-0.2, -0.15) is 0 Å². The number of aliphatic hydroxyl groups excluding tert-OH is 1. The number of carbonyl (C=O) groups excluding carboxylic acids is 8. The lowest BCUT2D eigenvalue weighted by atomic mass is 10.0. The molecule has 3 rings (SSSR count). The minimum absolute atomic E-state index is 0.0323. The van der Waals surface area contributed by atoms with Gasteiger partial charge in [0.15, 0.2) is 0 Å². The summed E-state index contributed by atoms with van der Waals surface area (Å²) in [5, 5.41) is 25.3. The second-order valence-corrected chi connectivity index (χ2v) is 14.9. The number of primary amides is 1. The van der Waals surface area contributed by atoms with E-state index < -0.39 is 77.6 Å². The summed E-state index contributed by atoms with van der Waals surface area (Å²) in [7, 11) is 0. The third kappa shape index (κ3) is 17.9. The van der Waals surface area contributed by atoms with Crippen LogP contribution >= 0.6 is 0 Å². The average Bonchev–Trinajstić information content (AvgIpc) is 3.48. The normalized spacial score (nSPS) is 14.6. The molecule has 322 valence electrons. The SMILES string of the molecule is C[C@@H](NC(=O)CCCC(=O)ON1C(=O)CCC1=O)C(O)N[C@@H](Cc1ccccc1)C(=O)N[C@@H](CCCCNC(=O)OC(C)(C)C)C(=O)Nc1ccc(COC(N)=O)cc1. The van der Waals surface area contributed by atoms with Crippen LogP contribution in [0.25, 0.3) is 0 Å². The summed E-state index contributed by atoms with van der Waals surface area (Å²) >= 11 is 0. The van der Waals surface area contributed by atoms with E-state index in [4.69, 9.17) is 20.0 Å². The van der Waals surface area contributed by atoms with E-state index in [2.05, 4.69) is 26.6 Å². The number of aliphatic hydroxyl groups is 1. The number of nitrogens with zero attached hydrogens (tertiary/aromatic N) is 1. The molecule has 7 amide bonds. The van der Waals surface area contributed by atoms with Crippen molar-refractivity contribution in [3.63, 3.8) is 0 Å². The van der Waals surface area contributed by atoms with Gasteiger partial charge in [0.25, 0.3) is 11.8 Å². The van der Waals surface area contributed by atoms with Crippen molar-refractivity contribution in [3.05, 3.63) is 65.7 Å². The van der Waals surface area contributed by atoms with E-state index in [1.807, 2.05) is 0 Å². The standard InChI is InChI=1S/C40H55N7O12/c1-25(43-31(48)14-10-15-34(51)59-47-32(49)20-21-33(47)50)35(52)46-30(23-26-11-6-5-7-12-26)37(54)45-29(13-8-9-22-42-39(56)58-40(2,3)4)36(53)44-28-18-16-27(17-19-28)24-57-38(41)55/h5-7,11-12,16-19,25,29-30,35,46,52H,8-10,13-15,20-24H2,1-4H3,(H2,41,55)(H,42,56)(H,43,48)(H,44,53)(H,45,54)/t25-,29+,30+,35?/m1/s1. The number of hydrogen-bond acceptors (Lipinski definition) is 13. The van der Waals surface area contributed by atoms with Crippen molar-refractivity contribution in [2.75, 3.05) is 11.9 Å². The van der Waals surface area contributed by atoms with Crippen molar-refractivity contribution in [2.24, 2.45) is 5.73 Å². The first-order valence-corrected chi connectivity index (χ1v) is 19.3. The van der Waals surface area contributed by atoms with Gasteiger partial charge in [-0.3, -0.25) is 29.3 Å². The summed E-state index contributed by atoms with van der Waals surface area (Å²) in [6.07, 6.45) is -2.28. The second kappa shape index (κ2) is 23.4. The maximum atomic E-state index is 14.0. The second-order valence-electron chi connectivity index (χ2n) is 14.9. The van der Waals surface area contributed by atoms with Crippen LogP contribution in [0.15, 0.2) is 54.6 Å². The highest BCUT2D eigenvalue weighted by atomic mass is 16.7. The fraction of sp³-hybridized carbons (Fsp3) is 0.500. The number of alkyl carbamates (subject to hydrolysis) is 1. The number of anilines is 1. The number of imide groups is 1. The summed E-state index contributed by atoms with van der Waals surface area (Å²) in [5.74, 6) is -3.75. The topological polar surface area (TPSA) is 274 Å². The summed E-state index contributed by atoms with van der Waals surface area (Å²) in [6, 6.07) is 12.3. The fourth-order valence-electron chi connectivity index (χ4n) is 5.62. The van der Waals surface area contributed by atoms with Crippen molar-refractivity contribution >= 4 is 53.4 Å². The Morgan fingerprint density at radius 2 is 1.49 bits per heavy atom. The minimum Gasteiger partial charge on any atom is -0.445 e. The molecule has 1 heterocycles. The first-order valence-electron chi connectivity index (χ1n) is 19.3. The maximum Gasteiger partial charge on any atom is 0.407 e. The van der Waals surface area contributed by atoms with Crippen molar-refractivity contribution in [3.8, 4) is 0 Å². The molecule has 0 aliphatic carbocycles. The molecule has 0 radical (unpaired) electrons. The van der Waals surface area contributed by atoms with Gasteiger partial charge in [-0.15, -0.1) is 5.06 Å². The summed E-state index contributed by atoms with van der Waals surface area (Å²) in [4.78, 5) is 104. The molecule has 1 aliphatic heterocycles. The number of amides is 7. The molecule has 0 saturated carbocycles.